The first-order valence-electron chi connectivity index (χ1n) is 6.22. The highest BCUT2D eigenvalue weighted by atomic mass is 19.1. The van der Waals surface area contributed by atoms with Crippen LogP contribution in [0, 0.1) is 5.82 Å². The molecule has 19 heavy (non-hydrogen) atoms. The molecule has 0 amide bonds. The van der Waals surface area contributed by atoms with Crippen molar-refractivity contribution in [2.75, 3.05) is 0 Å². The quantitative estimate of drug-likeness (QED) is 0.637. The van der Waals surface area contributed by atoms with E-state index in [1.54, 1.807) is 12.3 Å². The standard InChI is InChI=1S/C13H18FN5/c1-9(2)19-7-5-10(18-19)8-12(17-15)13-11(14)4-3-6-16-13/h3-7,9,12,17H,8,15H2,1-2H3. The third kappa shape index (κ3) is 3.15. The lowest BCUT2D eigenvalue weighted by atomic mass is 10.1. The summed E-state index contributed by atoms with van der Waals surface area (Å²) < 4.78 is 15.5. The third-order valence-electron chi connectivity index (χ3n) is 2.92. The minimum absolute atomic E-state index is 0.296. The summed E-state index contributed by atoms with van der Waals surface area (Å²) in [5.41, 5.74) is 3.75. The lowest BCUT2D eigenvalue weighted by Crippen LogP contribution is -2.31. The van der Waals surface area contributed by atoms with Crippen molar-refractivity contribution in [1.29, 1.82) is 0 Å². The van der Waals surface area contributed by atoms with Gasteiger partial charge < -0.3 is 0 Å². The highest BCUT2D eigenvalue weighted by molar-refractivity contribution is 5.14. The number of hydrazine groups is 1. The van der Waals surface area contributed by atoms with Crippen molar-refractivity contribution in [3.63, 3.8) is 0 Å². The van der Waals surface area contributed by atoms with Crippen molar-refractivity contribution in [3.05, 3.63) is 47.8 Å². The molecule has 2 aromatic heterocycles. The van der Waals surface area contributed by atoms with Gasteiger partial charge in [0.2, 0.25) is 0 Å². The van der Waals surface area contributed by atoms with Gasteiger partial charge in [-0.15, -0.1) is 0 Å². The summed E-state index contributed by atoms with van der Waals surface area (Å²) in [6.45, 7) is 4.10. The van der Waals surface area contributed by atoms with E-state index in [2.05, 4.69) is 15.5 Å². The fourth-order valence-corrected chi connectivity index (χ4v) is 1.87. The number of halogens is 1. The second-order valence-electron chi connectivity index (χ2n) is 4.67. The Morgan fingerprint density at radius 1 is 1.42 bits per heavy atom. The molecule has 0 fully saturated rings. The molecule has 0 aromatic carbocycles. The molecule has 0 spiro atoms. The maximum absolute atomic E-state index is 13.7. The summed E-state index contributed by atoms with van der Waals surface area (Å²) >= 11 is 0. The molecular weight excluding hydrogens is 245 g/mol. The highest BCUT2D eigenvalue weighted by Crippen LogP contribution is 2.18. The Balaban J connectivity index is 2.17. The summed E-state index contributed by atoms with van der Waals surface area (Å²) in [5, 5.41) is 4.42. The van der Waals surface area contributed by atoms with Crippen molar-refractivity contribution < 1.29 is 4.39 Å². The minimum atomic E-state index is -0.392. The van der Waals surface area contributed by atoms with Gasteiger partial charge in [0.15, 0.2) is 0 Å². The maximum atomic E-state index is 13.7. The number of hydrogen-bond acceptors (Lipinski definition) is 4. The largest absolute Gasteiger partial charge is 0.271 e. The SMILES string of the molecule is CC(C)n1ccc(CC(NN)c2ncccc2F)n1. The first-order chi connectivity index (χ1) is 9.11. The zero-order valence-corrected chi connectivity index (χ0v) is 11.0. The topological polar surface area (TPSA) is 68.8 Å². The Labute approximate surface area is 111 Å². The van der Waals surface area contributed by atoms with Crippen LogP contribution in [0.2, 0.25) is 0 Å². The molecule has 1 unspecified atom stereocenters. The summed E-state index contributed by atoms with van der Waals surface area (Å²) in [4.78, 5) is 4.04. The van der Waals surface area contributed by atoms with Crippen LogP contribution in [0.15, 0.2) is 30.6 Å². The molecule has 2 rings (SSSR count). The van der Waals surface area contributed by atoms with Crippen LogP contribution in [0.5, 0.6) is 0 Å². The smallest absolute Gasteiger partial charge is 0.146 e. The van der Waals surface area contributed by atoms with Gasteiger partial charge in [0.05, 0.1) is 17.4 Å². The maximum Gasteiger partial charge on any atom is 0.146 e. The van der Waals surface area contributed by atoms with Crippen LogP contribution in [-0.2, 0) is 6.42 Å². The second kappa shape index (κ2) is 5.90. The zero-order valence-electron chi connectivity index (χ0n) is 11.0. The molecule has 6 heteroatoms. The lowest BCUT2D eigenvalue weighted by molar-refractivity contribution is 0.479. The Bertz CT molecular complexity index is 537. The number of pyridine rings is 1. The van der Waals surface area contributed by atoms with Crippen molar-refractivity contribution in [2.45, 2.75) is 32.4 Å². The summed E-state index contributed by atoms with van der Waals surface area (Å²) in [5.74, 6) is 5.13. The molecule has 0 aliphatic carbocycles. The molecule has 2 heterocycles. The van der Waals surface area contributed by atoms with Crippen LogP contribution in [0.3, 0.4) is 0 Å². The van der Waals surface area contributed by atoms with Crippen LogP contribution in [0.1, 0.15) is 37.3 Å². The van der Waals surface area contributed by atoms with E-state index in [9.17, 15) is 4.39 Å². The van der Waals surface area contributed by atoms with Crippen molar-refractivity contribution in [3.8, 4) is 0 Å². The molecule has 0 radical (unpaired) electrons. The van der Waals surface area contributed by atoms with E-state index in [-0.39, 0.29) is 5.82 Å². The molecule has 0 bridgehead atoms. The molecule has 102 valence electrons. The van der Waals surface area contributed by atoms with E-state index < -0.39 is 6.04 Å². The van der Waals surface area contributed by atoms with Crippen LogP contribution in [0.4, 0.5) is 4.39 Å². The number of nitrogens with one attached hydrogen (secondary N) is 1. The highest BCUT2D eigenvalue weighted by Gasteiger charge is 2.17. The summed E-state index contributed by atoms with van der Waals surface area (Å²) in [7, 11) is 0. The van der Waals surface area contributed by atoms with Gasteiger partial charge in [-0.2, -0.15) is 5.10 Å². The molecule has 3 N–H and O–H groups in total. The van der Waals surface area contributed by atoms with Crippen LogP contribution in [0.25, 0.3) is 0 Å². The molecular formula is C13H18FN5. The van der Waals surface area contributed by atoms with Crippen LogP contribution in [-0.4, -0.2) is 14.8 Å². The summed E-state index contributed by atoms with van der Waals surface area (Å²) in [6, 6.07) is 4.74. The Morgan fingerprint density at radius 3 is 2.79 bits per heavy atom. The number of hydrogen-bond donors (Lipinski definition) is 2. The van der Waals surface area contributed by atoms with Gasteiger partial charge >= 0.3 is 0 Å². The van der Waals surface area contributed by atoms with E-state index in [0.717, 1.165) is 5.69 Å². The van der Waals surface area contributed by atoms with Gasteiger partial charge in [0, 0.05) is 24.9 Å². The van der Waals surface area contributed by atoms with Crippen LogP contribution >= 0.6 is 0 Å². The van der Waals surface area contributed by atoms with Gasteiger partial charge in [0.25, 0.3) is 0 Å². The molecule has 0 aliphatic heterocycles. The van der Waals surface area contributed by atoms with Gasteiger partial charge in [-0.3, -0.25) is 20.9 Å². The molecule has 2 aromatic rings. The first kappa shape index (κ1) is 13.6. The Morgan fingerprint density at radius 2 is 2.21 bits per heavy atom. The van der Waals surface area contributed by atoms with Gasteiger partial charge in [-0.1, -0.05) is 0 Å². The lowest BCUT2D eigenvalue weighted by Gasteiger charge is -2.14. The first-order valence-corrected chi connectivity index (χ1v) is 6.22. The Hall–Kier alpha value is -1.79. The van der Waals surface area contributed by atoms with Gasteiger partial charge in [-0.05, 0) is 32.0 Å². The fraction of sp³-hybridized carbons (Fsp3) is 0.385. The van der Waals surface area contributed by atoms with Crippen LogP contribution < -0.4 is 11.3 Å². The molecule has 0 saturated carbocycles. The number of nitrogens with zero attached hydrogens (tertiary/aromatic N) is 3. The number of rotatable bonds is 5. The number of nitrogens with two attached hydrogens (primary N) is 1. The average molecular weight is 263 g/mol. The second-order valence-corrected chi connectivity index (χ2v) is 4.67. The van der Waals surface area contributed by atoms with Gasteiger partial charge in [0.1, 0.15) is 5.82 Å². The normalized spacial score (nSPS) is 12.9. The molecule has 5 nitrogen and oxygen atoms in total. The van der Waals surface area contributed by atoms with Crippen molar-refractivity contribution in [2.24, 2.45) is 5.84 Å². The van der Waals surface area contributed by atoms with E-state index in [4.69, 9.17) is 5.84 Å². The minimum Gasteiger partial charge on any atom is -0.271 e. The molecule has 1 atom stereocenters. The van der Waals surface area contributed by atoms with E-state index >= 15 is 0 Å². The van der Waals surface area contributed by atoms with Crippen molar-refractivity contribution in [1.82, 2.24) is 20.2 Å². The molecule has 0 saturated heterocycles. The summed E-state index contributed by atoms with van der Waals surface area (Å²) in [6.07, 6.45) is 3.95. The monoisotopic (exact) mass is 263 g/mol. The van der Waals surface area contributed by atoms with E-state index in [1.807, 2.05) is 30.8 Å². The third-order valence-corrected chi connectivity index (χ3v) is 2.92. The van der Waals surface area contributed by atoms with E-state index in [1.165, 1.54) is 6.07 Å². The van der Waals surface area contributed by atoms with E-state index in [0.29, 0.717) is 18.2 Å². The zero-order chi connectivity index (χ0) is 13.8. The predicted octanol–water partition coefficient (Wildman–Crippen LogP) is 1.75. The predicted molar refractivity (Wildman–Crippen MR) is 70.6 cm³/mol. The van der Waals surface area contributed by atoms with Gasteiger partial charge in [-0.25, -0.2) is 4.39 Å². The number of aromatic nitrogens is 3. The van der Waals surface area contributed by atoms with Crippen molar-refractivity contribution >= 4 is 0 Å². The average Bonchev–Trinajstić information content (AvgIpc) is 2.86. The molecule has 0 aliphatic rings. The Kier molecular flexibility index (Phi) is 4.24. The fourth-order valence-electron chi connectivity index (χ4n) is 1.87.